The van der Waals surface area contributed by atoms with Crippen LogP contribution in [0.4, 0.5) is 0 Å². The van der Waals surface area contributed by atoms with Gasteiger partial charge in [0.15, 0.2) is 5.82 Å². The molecule has 0 N–H and O–H groups in total. The van der Waals surface area contributed by atoms with Crippen molar-refractivity contribution in [1.82, 2.24) is 9.97 Å². The van der Waals surface area contributed by atoms with Crippen molar-refractivity contribution in [1.29, 1.82) is 0 Å². The summed E-state index contributed by atoms with van der Waals surface area (Å²) < 4.78 is 6.22. The van der Waals surface area contributed by atoms with E-state index in [0.29, 0.717) is 5.82 Å². The van der Waals surface area contributed by atoms with Crippen molar-refractivity contribution in [2.24, 2.45) is 0 Å². The van der Waals surface area contributed by atoms with Crippen LogP contribution in [0.2, 0.25) is 0 Å². The summed E-state index contributed by atoms with van der Waals surface area (Å²) in [5.41, 5.74) is 16.5. The average molecular weight is 767 g/mol. The van der Waals surface area contributed by atoms with E-state index in [1.54, 1.807) is 0 Å². The fourth-order valence-electron chi connectivity index (χ4n) is 9.65. The summed E-state index contributed by atoms with van der Waals surface area (Å²) in [6.45, 7) is 4.69. The summed E-state index contributed by atoms with van der Waals surface area (Å²) in [5, 5.41) is 7.12. The minimum atomic E-state index is -0.158. The molecule has 0 radical (unpaired) electrons. The van der Waals surface area contributed by atoms with Crippen LogP contribution in [0.25, 0.3) is 111 Å². The first kappa shape index (κ1) is 34.4. The standard InChI is InChI=1S/C57H38N2O/c1-57(2)49-21-12-20-47(55(49)48-31-38-15-6-7-16-39(38)32-50(48)57)52-34-51(58-56(59-52)37-13-4-3-5-14-37)44-30-29-41(42-17-8-9-18-43(42)44)36-25-23-35(24-26-36)40-27-28-46-45-19-10-11-22-53(45)60-54(46)33-40/h3-34H,1-2H3. The zero-order valence-corrected chi connectivity index (χ0v) is 33.3. The maximum Gasteiger partial charge on any atom is 0.160 e. The Hall–Kier alpha value is -7.62. The van der Waals surface area contributed by atoms with Crippen LogP contribution in [-0.2, 0) is 5.41 Å². The normalized spacial score (nSPS) is 13.0. The summed E-state index contributed by atoms with van der Waals surface area (Å²) in [7, 11) is 0. The second-order valence-electron chi connectivity index (χ2n) is 16.5. The van der Waals surface area contributed by atoms with E-state index in [-0.39, 0.29) is 5.41 Å². The predicted octanol–water partition coefficient (Wildman–Crippen LogP) is 15.3. The van der Waals surface area contributed by atoms with Crippen LogP contribution >= 0.6 is 0 Å². The van der Waals surface area contributed by atoms with Crippen LogP contribution in [0.5, 0.6) is 0 Å². The van der Waals surface area contributed by atoms with Gasteiger partial charge in [0, 0.05) is 32.9 Å². The number of hydrogen-bond donors (Lipinski definition) is 0. The summed E-state index contributed by atoms with van der Waals surface area (Å²) in [6.07, 6.45) is 0. The Balaban J connectivity index is 0.986. The molecular weight excluding hydrogens is 729 g/mol. The molecule has 0 aliphatic heterocycles. The molecule has 282 valence electrons. The molecule has 0 saturated heterocycles. The first-order valence-electron chi connectivity index (χ1n) is 20.6. The molecule has 1 aliphatic carbocycles. The molecule has 0 fully saturated rings. The Morgan fingerprint density at radius 2 is 0.983 bits per heavy atom. The zero-order chi connectivity index (χ0) is 40.0. The van der Waals surface area contributed by atoms with E-state index in [1.165, 1.54) is 44.0 Å². The van der Waals surface area contributed by atoms with Crippen molar-refractivity contribution >= 4 is 43.5 Å². The summed E-state index contributed by atoms with van der Waals surface area (Å²) >= 11 is 0. The number of hydrogen-bond acceptors (Lipinski definition) is 3. The molecule has 0 spiro atoms. The van der Waals surface area contributed by atoms with Crippen molar-refractivity contribution in [3.8, 4) is 67.3 Å². The average Bonchev–Trinajstić information content (AvgIpc) is 3.79. The molecule has 0 unspecified atom stereocenters. The van der Waals surface area contributed by atoms with Gasteiger partial charge >= 0.3 is 0 Å². The lowest BCUT2D eigenvalue weighted by atomic mass is 9.81. The van der Waals surface area contributed by atoms with Gasteiger partial charge in [0.25, 0.3) is 0 Å². The van der Waals surface area contributed by atoms with Gasteiger partial charge < -0.3 is 4.42 Å². The highest BCUT2D eigenvalue weighted by molar-refractivity contribution is 6.07. The summed E-state index contributed by atoms with van der Waals surface area (Å²) in [4.78, 5) is 10.7. The Kier molecular flexibility index (Phi) is 7.58. The number of benzene rings is 9. The minimum absolute atomic E-state index is 0.158. The van der Waals surface area contributed by atoms with Gasteiger partial charge in [-0.25, -0.2) is 9.97 Å². The first-order valence-corrected chi connectivity index (χ1v) is 20.6. The molecule has 11 aromatic rings. The number of rotatable bonds is 5. The topological polar surface area (TPSA) is 38.9 Å². The second-order valence-corrected chi connectivity index (χ2v) is 16.5. The van der Waals surface area contributed by atoms with Gasteiger partial charge in [-0.05, 0) is 102 Å². The molecule has 1 aliphatic rings. The number of furan rings is 1. The molecule has 12 rings (SSSR count). The van der Waals surface area contributed by atoms with Crippen LogP contribution in [0.15, 0.2) is 199 Å². The molecule has 2 heterocycles. The van der Waals surface area contributed by atoms with Crippen LogP contribution in [-0.4, -0.2) is 9.97 Å². The lowest BCUT2D eigenvalue weighted by Crippen LogP contribution is -2.14. The first-order chi connectivity index (χ1) is 29.5. The third-order valence-corrected chi connectivity index (χ3v) is 12.7. The van der Waals surface area contributed by atoms with Crippen molar-refractivity contribution in [3.05, 3.63) is 205 Å². The SMILES string of the molecule is CC1(C)c2cc3ccccc3cc2-c2c(-c3cc(-c4ccc(-c5ccc(-c6ccc7c(c6)oc6ccccc67)cc5)c5ccccc45)nc(-c4ccccc4)n3)cccc21. The largest absolute Gasteiger partial charge is 0.456 e. The highest BCUT2D eigenvalue weighted by atomic mass is 16.3. The number of aromatic nitrogens is 2. The molecule has 2 aromatic heterocycles. The van der Waals surface area contributed by atoms with Gasteiger partial charge in [-0.15, -0.1) is 0 Å². The highest BCUT2D eigenvalue weighted by Gasteiger charge is 2.37. The van der Waals surface area contributed by atoms with E-state index in [0.717, 1.165) is 72.1 Å². The van der Waals surface area contributed by atoms with Gasteiger partial charge in [-0.2, -0.15) is 0 Å². The summed E-state index contributed by atoms with van der Waals surface area (Å²) in [6, 6.07) is 69.5. The fraction of sp³-hybridized carbons (Fsp3) is 0.0526. The predicted molar refractivity (Wildman–Crippen MR) is 249 cm³/mol. The lowest BCUT2D eigenvalue weighted by molar-refractivity contribution is 0.661. The van der Waals surface area contributed by atoms with E-state index in [2.05, 4.69) is 190 Å². The van der Waals surface area contributed by atoms with E-state index in [1.807, 2.05) is 18.2 Å². The second kappa shape index (κ2) is 13.2. The van der Waals surface area contributed by atoms with E-state index >= 15 is 0 Å². The highest BCUT2D eigenvalue weighted by Crippen LogP contribution is 2.53. The van der Waals surface area contributed by atoms with Crippen LogP contribution in [0.1, 0.15) is 25.0 Å². The fourth-order valence-corrected chi connectivity index (χ4v) is 9.65. The number of fused-ring (bicyclic) bond motifs is 8. The summed E-state index contributed by atoms with van der Waals surface area (Å²) in [5.74, 6) is 0.710. The Bertz CT molecular complexity index is 3500. The Morgan fingerprint density at radius 3 is 1.78 bits per heavy atom. The van der Waals surface area contributed by atoms with Crippen LogP contribution < -0.4 is 0 Å². The molecule has 0 saturated carbocycles. The van der Waals surface area contributed by atoms with Crippen molar-refractivity contribution < 1.29 is 4.42 Å². The third-order valence-electron chi connectivity index (χ3n) is 12.7. The van der Waals surface area contributed by atoms with Crippen LogP contribution in [0, 0.1) is 0 Å². The van der Waals surface area contributed by atoms with Crippen molar-refractivity contribution in [2.75, 3.05) is 0 Å². The van der Waals surface area contributed by atoms with Crippen molar-refractivity contribution in [3.63, 3.8) is 0 Å². The van der Waals surface area contributed by atoms with Gasteiger partial charge in [0.1, 0.15) is 11.2 Å². The van der Waals surface area contributed by atoms with Gasteiger partial charge in [0.2, 0.25) is 0 Å². The molecule has 9 aromatic carbocycles. The van der Waals surface area contributed by atoms with Crippen molar-refractivity contribution in [2.45, 2.75) is 19.3 Å². The zero-order valence-electron chi connectivity index (χ0n) is 33.3. The molecule has 0 amide bonds. The third kappa shape index (κ3) is 5.36. The van der Waals surface area contributed by atoms with Gasteiger partial charge in [-0.3, -0.25) is 0 Å². The maximum absolute atomic E-state index is 6.22. The van der Waals surface area contributed by atoms with E-state index in [9.17, 15) is 0 Å². The maximum atomic E-state index is 6.22. The smallest absolute Gasteiger partial charge is 0.160 e. The van der Waals surface area contributed by atoms with Gasteiger partial charge in [-0.1, -0.05) is 172 Å². The molecular formula is C57H38N2O. The molecule has 3 nitrogen and oxygen atoms in total. The minimum Gasteiger partial charge on any atom is -0.456 e. The molecule has 0 bridgehead atoms. The number of para-hydroxylation sites is 1. The quantitative estimate of drug-likeness (QED) is 0.175. The number of nitrogens with zero attached hydrogens (tertiary/aromatic N) is 2. The van der Waals surface area contributed by atoms with E-state index in [4.69, 9.17) is 14.4 Å². The van der Waals surface area contributed by atoms with E-state index < -0.39 is 0 Å². The van der Waals surface area contributed by atoms with Crippen LogP contribution in [0.3, 0.4) is 0 Å². The molecule has 60 heavy (non-hydrogen) atoms. The van der Waals surface area contributed by atoms with Gasteiger partial charge in [0.05, 0.1) is 11.4 Å². The monoisotopic (exact) mass is 766 g/mol. The Labute approximate surface area is 348 Å². The lowest BCUT2D eigenvalue weighted by Gasteiger charge is -2.22. The molecule has 3 heteroatoms. The molecule has 0 atom stereocenters. The Morgan fingerprint density at radius 1 is 0.367 bits per heavy atom.